The van der Waals surface area contributed by atoms with Gasteiger partial charge in [0.25, 0.3) is 0 Å². The molecular formula is C23H31NO4. The lowest BCUT2D eigenvalue weighted by molar-refractivity contribution is -0.172. The molecule has 0 aromatic heterocycles. The minimum Gasteiger partial charge on any atom is -0.504 e. The van der Waals surface area contributed by atoms with Crippen molar-refractivity contribution in [3.63, 3.8) is 0 Å². The van der Waals surface area contributed by atoms with Gasteiger partial charge in [0.2, 0.25) is 0 Å². The van der Waals surface area contributed by atoms with Crippen molar-refractivity contribution in [2.45, 2.75) is 81.1 Å². The third kappa shape index (κ3) is 1.98. The number of phenolic OH excluding ortho intramolecular Hbond substituents is 1. The van der Waals surface area contributed by atoms with Gasteiger partial charge in [-0.2, -0.15) is 0 Å². The molecule has 3 N–H and O–H groups in total. The first kappa shape index (κ1) is 17.5. The lowest BCUT2D eigenvalue weighted by Gasteiger charge is -2.56. The first-order valence-corrected chi connectivity index (χ1v) is 11.1. The number of likely N-dealkylation sites (tertiary alicyclic amines) is 1. The van der Waals surface area contributed by atoms with E-state index >= 15 is 0 Å². The van der Waals surface area contributed by atoms with Crippen molar-refractivity contribution in [2.24, 2.45) is 11.8 Å². The summed E-state index contributed by atoms with van der Waals surface area (Å²) in [6, 6.07) is 3.75. The van der Waals surface area contributed by atoms with E-state index in [0.29, 0.717) is 24.5 Å². The second kappa shape index (κ2) is 5.65. The number of hydrogen-bond donors (Lipinski definition) is 3. The second-order valence-electron chi connectivity index (χ2n) is 10.2. The third-order valence-corrected chi connectivity index (χ3v) is 8.91. The number of aliphatic hydroxyl groups is 2. The van der Waals surface area contributed by atoms with Crippen molar-refractivity contribution in [2.75, 3.05) is 13.1 Å². The van der Waals surface area contributed by atoms with E-state index in [1.807, 2.05) is 6.07 Å². The molecule has 2 aliphatic heterocycles. The normalized spacial score (nSPS) is 44.4. The Kier molecular flexibility index (Phi) is 3.54. The Morgan fingerprint density at radius 1 is 1.25 bits per heavy atom. The van der Waals surface area contributed by atoms with Crippen molar-refractivity contribution >= 4 is 0 Å². The lowest BCUT2D eigenvalue weighted by Crippen LogP contribution is -2.70. The zero-order valence-electron chi connectivity index (χ0n) is 16.6. The first-order valence-electron chi connectivity index (χ1n) is 11.1. The first-order chi connectivity index (χ1) is 13.4. The van der Waals surface area contributed by atoms with Gasteiger partial charge in [0, 0.05) is 24.7 Å². The van der Waals surface area contributed by atoms with Gasteiger partial charge in [-0.3, -0.25) is 4.90 Å². The van der Waals surface area contributed by atoms with Gasteiger partial charge in [-0.15, -0.1) is 0 Å². The predicted octanol–water partition coefficient (Wildman–Crippen LogP) is 2.34. The van der Waals surface area contributed by atoms with Gasteiger partial charge < -0.3 is 20.1 Å². The van der Waals surface area contributed by atoms with Gasteiger partial charge in [0.15, 0.2) is 11.5 Å². The second-order valence-corrected chi connectivity index (χ2v) is 10.2. The summed E-state index contributed by atoms with van der Waals surface area (Å²) in [5.74, 6) is 1.85. The van der Waals surface area contributed by atoms with Crippen LogP contribution in [-0.4, -0.2) is 57.2 Å². The summed E-state index contributed by atoms with van der Waals surface area (Å²) in [6.07, 6.45) is 5.78. The molecule has 1 saturated heterocycles. The van der Waals surface area contributed by atoms with Crippen molar-refractivity contribution in [3.8, 4) is 11.5 Å². The van der Waals surface area contributed by atoms with Crippen LogP contribution >= 0.6 is 0 Å². The van der Waals surface area contributed by atoms with E-state index in [4.69, 9.17) is 4.74 Å². The average molecular weight is 386 g/mol. The van der Waals surface area contributed by atoms with E-state index in [1.54, 1.807) is 6.07 Å². The van der Waals surface area contributed by atoms with E-state index in [1.165, 1.54) is 24.8 Å². The van der Waals surface area contributed by atoms with Crippen LogP contribution in [0.2, 0.25) is 0 Å². The van der Waals surface area contributed by atoms with Gasteiger partial charge in [-0.25, -0.2) is 0 Å². The number of rotatable bonds is 2. The zero-order chi connectivity index (χ0) is 19.3. The highest BCUT2D eigenvalue weighted by molar-refractivity contribution is 5.61. The molecule has 5 aliphatic rings. The fourth-order valence-corrected chi connectivity index (χ4v) is 7.35. The smallest absolute Gasteiger partial charge is 0.165 e. The van der Waals surface area contributed by atoms with E-state index in [0.717, 1.165) is 37.4 Å². The maximum absolute atomic E-state index is 12.4. The van der Waals surface area contributed by atoms with Crippen LogP contribution in [0.4, 0.5) is 0 Å². The minimum absolute atomic E-state index is 0.0101. The standard InChI is InChI=1S/C23H31NO4/c1-13-23(27)8-7-18(26)21-22(23)10-15(12-24(13)11-14-3-2-4-14)9-16-5-6-17(25)20(28-21)19(16)22/h5-6,13-15,18,21,25-27H,2-4,7-12H2,1H3/t13-,15?,18+,21+,22+,23-/m1/s1. The van der Waals surface area contributed by atoms with E-state index in [2.05, 4.69) is 11.8 Å². The number of phenols is 1. The quantitative estimate of drug-likeness (QED) is 0.729. The van der Waals surface area contributed by atoms with Crippen LogP contribution < -0.4 is 4.74 Å². The molecule has 1 aromatic rings. The number of hydrogen-bond acceptors (Lipinski definition) is 5. The number of benzene rings is 1. The maximum atomic E-state index is 12.4. The number of fused-ring (bicyclic) bond motifs is 1. The molecule has 3 fully saturated rings. The Bertz CT molecular complexity index is 823. The van der Waals surface area contributed by atoms with E-state index < -0.39 is 23.2 Å². The monoisotopic (exact) mass is 385 g/mol. The molecule has 1 spiro atoms. The molecule has 1 aromatic carbocycles. The van der Waals surface area contributed by atoms with E-state index in [9.17, 15) is 15.3 Å². The number of ether oxygens (including phenoxy) is 1. The summed E-state index contributed by atoms with van der Waals surface area (Å²) in [5, 5.41) is 33.8. The Morgan fingerprint density at radius 3 is 2.82 bits per heavy atom. The van der Waals surface area contributed by atoms with Gasteiger partial charge in [-0.05, 0) is 68.9 Å². The van der Waals surface area contributed by atoms with Crippen LogP contribution in [0, 0.1) is 11.8 Å². The summed E-state index contributed by atoms with van der Waals surface area (Å²) in [7, 11) is 0. The van der Waals surface area contributed by atoms with Gasteiger partial charge in [0.1, 0.15) is 6.10 Å². The number of aromatic hydroxyl groups is 1. The molecular weight excluding hydrogens is 354 g/mol. The third-order valence-electron chi connectivity index (χ3n) is 8.91. The van der Waals surface area contributed by atoms with Gasteiger partial charge >= 0.3 is 0 Å². The van der Waals surface area contributed by atoms with Crippen molar-refractivity contribution < 1.29 is 20.1 Å². The minimum atomic E-state index is -0.955. The molecule has 2 bridgehead atoms. The van der Waals surface area contributed by atoms with Crippen molar-refractivity contribution in [1.82, 2.24) is 4.90 Å². The Hall–Kier alpha value is -1.30. The Morgan fingerprint density at radius 2 is 2.07 bits per heavy atom. The van der Waals surface area contributed by atoms with Crippen LogP contribution in [0.5, 0.6) is 11.5 Å². The highest BCUT2D eigenvalue weighted by Crippen LogP contribution is 2.65. The molecule has 6 atom stereocenters. The van der Waals surface area contributed by atoms with Crippen LogP contribution in [0.15, 0.2) is 12.1 Å². The fourth-order valence-electron chi connectivity index (χ4n) is 7.35. The molecule has 28 heavy (non-hydrogen) atoms. The Balaban J connectivity index is 1.54. The van der Waals surface area contributed by atoms with Gasteiger partial charge in [0.05, 0.1) is 17.1 Å². The highest BCUT2D eigenvalue weighted by atomic mass is 16.5. The SMILES string of the molecule is C[C@H]1N(CC2CCC2)CC2Cc3ccc(O)c4c3[C@@]3(C2)[C@@H](O4)[C@@H](O)CC[C@@]13O. The predicted molar refractivity (Wildman–Crippen MR) is 105 cm³/mol. The summed E-state index contributed by atoms with van der Waals surface area (Å²) in [5.41, 5.74) is 0.609. The van der Waals surface area contributed by atoms with E-state index in [-0.39, 0.29) is 11.8 Å². The summed E-state index contributed by atoms with van der Waals surface area (Å²) < 4.78 is 6.26. The molecule has 5 heteroatoms. The van der Waals surface area contributed by atoms with Crippen LogP contribution in [-0.2, 0) is 11.8 Å². The van der Waals surface area contributed by atoms with Crippen LogP contribution in [0.1, 0.15) is 56.6 Å². The fraction of sp³-hybridized carbons (Fsp3) is 0.739. The topological polar surface area (TPSA) is 73.2 Å². The molecule has 2 saturated carbocycles. The molecule has 0 amide bonds. The highest BCUT2D eigenvalue weighted by Gasteiger charge is 2.71. The Labute approximate surface area is 166 Å². The lowest BCUT2D eigenvalue weighted by atomic mass is 9.51. The largest absolute Gasteiger partial charge is 0.504 e. The summed E-state index contributed by atoms with van der Waals surface area (Å²) >= 11 is 0. The maximum Gasteiger partial charge on any atom is 0.165 e. The van der Waals surface area contributed by atoms with Crippen molar-refractivity contribution in [1.29, 1.82) is 0 Å². The molecule has 6 rings (SSSR count). The molecule has 5 nitrogen and oxygen atoms in total. The van der Waals surface area contributed by atoms with Crippen LogP contribution in [0.25, 0.3) is 0 Å². The average Bonchev–Trinajstić information content (AvgIpc) is 2.98. The molecule has 1 unspecified atom stereocenters. The molecule has 3 aliphatic carbocycles. The van der Waals surface area contributed by atoms with Gasteiger partial charge in [-0.1, -0.05) is 12.5 Å². The zero-order valence-corrected chi connectivity index (χ0v) is 16.6. The molecule has 152 valence electrons. The van der Waals surface area contributed by atoms with Crippen molar-refractivity contribution in [3.05, 3.63) is 23.3 Å². The molecule has 2 heterocycles. The molecule has 0 radical (unpaired) electrons. The number of aliphatic hydroxyl groups excluding tert-OH is 1. The van der Waals surface area contributed by atoms with Crippen LogP contribution in [0.3, 0.4) is 0 Å². The number of nitrogens with zero attached hydrogens (tertiary/aromatic N) is 1. The summed E-state index contributed by atoms with van der Waals surface area (Å²) in [6.45, 7) is 4.25. The summed E-state index contributed by atoms with van der Waals surface area (Å²) in [4.78, 5) is 2.54.